The summed E-state index contributed by atoms with van der Waals surface area (Å²) in [6.07, 6.45) is 10.3. The minimum atomic E-state index is 0.824. The molecule has 0 N–H and O–H groups in total. The number of benzene rings is 1. The van der Waals surface area contributed by atoms with Gasteiger partial charge < -0.3 is 4.90 Å². The summed E-state index contributed by atoms with van der Waals surface area (Å²) in [7, 11) is 0. The minimum Gasteiger partial charge on any atom is -0.328 e. The zero-order chi connectivity index (χ0) is 18.8. The van der Waals surface area contributed by atoms with Crippen molar-refractivity contribution in [1.82, 2.24) is 14.9 Å². The van der Waals surface area contributed by atoms with E-state index in [1.165, 1.54) is 27.8 Å². The largest absolute Gasteiger partial charge is 0.328 e. The molecule has 4 nitrogen and oxygen atoms in total. The third-order valence-corrected chi connectivity index (χ3v) is 5.28. The first-order chi connectivity index (χ1) is 13.9. The molecular formula is C24H22N4. The van der Waals surface area contributed by atoms with Gasteiger partial charge in [0.05, 0.1) is 0 Å². The van der Waals surface area contributed by atoms with Gasteiger partial charge in [0.15, 0.2) is 0 Å². The highest BCUT2D eigenvalue weighted by atomic mass is 15.2. The van der Waals surface area contributed by atoms with Crippen molar-refractivity contribution in [2.75, 3.05) is 18.0 Å². The molecular weight excluding hydrogens is 344 g/mol. The summed E-state index contributed by atoms with van der Waals surface area (Å²) >= 11 is 0. The summed E-state index contributed by atoms with van der Waals surface area (Å²) in [4.78, 5) is 13.7. The van der Waals surface area contributed by atoms with Crippen molar-refractivity contribution in [3.05, 3.63) is 108 Å². The predicted molar refractivity (Wildman–Crippen MR) is 112 cm³/mol. The SMILES string of the molecule is C1=C2CN(Cc3cccnc3)CC=C2c2cccnc2N1Cc1ccccc1. The molecule has 2 aliphatic heterocycles. The van der Waals surface area contributed by atoms with Crippen molar-refractivity contribution >= 4 is 11.4 Å². The second-order valence-corrected chi connectivity index (χ2v) is 7.29. The third-order valence-electron chi connectivity index (χ3n) is 5.28. The zero-order valence-corrected chi connectivity index (χ0v) is 15.7. The van der Waals surface area contributed by atoms with E-state index in [1.54, 1.807) is 0 Å². The van der Waals surface area contributed by atoms with E-state index < -0.39 is 0 Å². The molecule has 0 saturated heterocycles. The van der Waals surface area contributed by atoms with Crippen molar-refractivity contribution in [1.29, 1.82) is 0 Å². The smallest absolute Gasteiger partial charge is 0.140 e. The van der Waals surface area contributed by atoms with Gasteiger partial charge in [0.1, 0.15) is 5.82 Å². The number of nitrogens with zero attached hydrogens (tertiary/aromatic N) is 4. The highest BCUT2D eigenvalue weighted by Crippen LogP contribution is 2.38. The van der Waals surface area contributed by atoms with E-state index in [4.69, 9.17) is 4.98 Å². The molecule has 3 aromatic rings. The van der Waals surface area contributed by atoms with Crippen LogP contribution in [0.25, 0.3) is 5.57 Å². The fourth-order valence-corrected chi connectivity index (χ4v) is 3.99. The van der Waals surface area contributed by atoms with Crippen LogP contribution in [0.5, 0.6) is 0 Å². The Morgan fingerprint density at radius 3 is 2.57 bits per heavy atom. The molecule has 0 aliphatic carbocycles. The van der Waals surface area contributed by atoms with Gasteiger partial charge in [0.2, 0.25) is 0 Å². The molecule has 138 valence electrons. The van der Waals surface area contributed by atoms with Gasteiger partial charge in [-0.05, 0) is 40.5 Å². The standard InChI is InChI=1S/C24H22N4/c1-2-6-19(7-3-1)16-28-18-21-17-27(15-20-8-4-11-25-14-20)13-10-22(21)23-9-5-12-26-24(23)28/h1-12,14,18H,13,15-17H2. The quantitative estimate of drug-likeness (QED) is 0.690. The molecule has 2 aromatic heterocycles. The van der Waals surface area contributed by atoms with E-state index in [1.807, 2.05) is 30.7 Å². The van der Waals surface area contributed by atoms with Crippen LogP contribution in [-0.2, 0) is 13.1 Å². The van der Waals surface area contributed by atoms with Crippen LogP contribution < -0.4 is 4.90 Å². The van der Waals surface area contributed by atoms with Crippen molar-refractivity contribution in [2.24, 2.45) is 0 Å². The molecule has 0 amide bonds. The molecule has 0 radical (unpaired) electrons. The van der Waals surface area contributed by atoms with E-state index in [9.17, 15) is 0 Å². The van der Waals surface area contributed by atoms with Crippen LogP contribution in [0.1, 0.15) is 16.7 Å². The number of pyridine rings is 2. The van der Waals surface area contributed by atoms with E-state index in [0.717, 1.165) is 32.0 Å². The lowest BCUT2D eigenvalue weighted by atomic mass is 9.92. The van der Waals surface area contributed by atoms with E-state index in [-0.39, 0.29) is 0 Å². The van der Waals surface area contributed by atoms with Crippen LogP contribution in [-0.4, -0.2) is 28.0 Å². The van der Waals surface area contributed by atoms with Crippen LogP contribution >= 0.6 is 0 Å². The molecule has 0 bridgehead atoms. The molecule has 4 heteroatoms. The molecule has 5 rings (SSSR count). The average Bonchev–Trinajstić information content (AvgIpc) is 2.75. The Morgan fingerprint density at radius 2 is 1.71 bits per heavy atom. The molecule has 2 aliphatic rings. The van der Waals surface area contributed by atoms with Crippen LogP contribution in [0.2, 0.25) is 0 Å². The van der Waals surface area contributed by atoms with Crippen molar-refractivity contribution in [3.8, 4) is 0 Å². The topological polar surface area (TPSA) is 32.3 Å². The Labute approximate surface area is 165 Å². The van der Waals surface area contributed by atoms with E-state index in [0.29, 0.717) is 0 Å². The summed E-state index contributed by atoms with van der Waals surface area (Å²) in [6.45, 7) is 3.60. The normalized spacial score (nSPS) is 16.1. The Morgan fingerprint density at radius 1 is 0.857 bits per heavy atom. The zero-order valence-electron chi connectivity index (χ0n) is 15.7. The number of rotatable bonds is 4. The molecule has 1 aromatic carbocycles. The summed E-state index contributed by atoms with van der Waals surface area (Å²) in [5.74, 6) is 1.04. The molecule has 0 atom stereocenters. The Bertz CT molecular complexity index is 1020. The molecule has 0 unspecified atom stereocenters. The monoisotopic (exact) mass is 366 g/mol. The first kappa shape index (κ1) is 16.9. The van der Waals surface area contributed by atoms with Gasteiger partial charge in [-0.1, -0.05) is 42.5 Å². The van der Waals surface area contributed by atoms with Crippen molar-refractivity contribution in [3.63, 3.8) is 0 Å². The number of hydrogen-bond acceptors (Lipinski definition) is 4. The molecule has 0 saturated carbocycles. The Kier molecular flexibility index (Phi) is 4.47. The number of fused-ring (bicyclic) bond motifs is 3. The average molecular weight is 366 g/mol. The lowest BCUT2D eigenvalue weighted by Gasteiger charge is -2.35. The fourth-order valence-electron chi connectivity index (χ4n) is 3.99. The summed E-state index contributed by atoms with van der Waals surface area (Å²) in [5.41, 5.74) is 6.45. The maximum absolute atomic E-state index is 4.69. The summed E-state index contributed by atoms with van der Waals surface area (Å²) in [6, 6.07) is 18.9. The second kappa shape index (κ2) is 7.41. The van der Waals surface area contributed by atoms with Gasteiger partial charge in [0.25, 0.3) is 0 Å². The molecule has 4 heterocycles. The van der Waals surface area contributed by atoms with Gasteiger partial charge >= 0.3 is 0 Å². The van der Waals surface area contributed by atoms with Gasteiger partial charge in [-0.2, -0.15) is 0 Å². The lowest BCUT2D eigenvalue weighted by molar-refractivity contribution is 0.316. The maximum atomic E-state index is 4.69. The summed E-state index contributed by atoms with van der Waals surface area (Å²) < 4.78 is 0. The summed E-state index contributed by atoms with van der Waals surface area (Å²) in [5, 5.41) is 0. The minimum absolute atomic E-state index is 0.824. The van der Waals surface area contributed by atoms with Crippen LogP contribution in [0.15, 0.2) is 91.0 Å². The highest BCUT2D eigenvalue weighted by molar-refractivity contribution is 5.89. The van der Waals surface area contributed by atoms with Crippen molar-refractivity contribution < 1.29 is 0 Å². The predicted octanol–water partition coefficient (Wildman–Crippen LogP) is 4.28. The van der Waals surface area contributed by atoms with E-state index in [2.05, 4.69) is 69.5 Å². The van der Waals surface area contributed by atoms with Crippen molar-refractivity contribution in [2.45, 2.75) is 13.1 Å². The molecule has 28 heavy (non-hydrogen) atoms. The van der Waals surface area contributed by atoms with Gasteiger partial charge in [0, 0.05) is 56.5 Å². The number of aromatic nitrogens is 2. The number of hydrogen-bond donors (Lipinski definition) is 0. The lowest BCUT2D eigenvalue weighted by Crippen LogP contribution is -2.33. The second-order valence-electron chi connectivity index (χ2n) is 7.29. The van der Waals surface area contributed by atoms with Crippen LogP contribution in [0.4, 0.5) is 5.82 Å². The fraction of sp³-hybridized carbons (Fsp3) is 0.167. The Balaban J connectivity index is 1.45. The molecule has 0 fully saturated rings. The Hall–Kier alpha value is -3.24. The van der Waals surface area contributed by atoms with Crippen LogP contribution in [0, 0.1) is 0 Å². The van der Waals surface area contributed by atoms with Gasteiger partial charge in [-0.15, -0.1) is 0 Å². The van der Waals surface area contributed by atoms with Gasteiger partial charge in [-0.25, -0.2) is 4.98 Å². The third kappa shape index (κ3) is 3.35. The molecule has 0 spiro atoms. The first-order valence-corrected chi connectivity index (χ1v) is 9.65. The first-order valence-electron chi connectivity index (χ1n) is 9.65. The maximum Gasteiger partial charge on any atom is 0.140 e. The van der Waals surface area contributed by atoms with Crippen LogP contribution in [0.3, 0.4) is 0 Å². The number of anilines is 1. The van der Waals surface area contributed by atoms with Gasteiger partial charge in [-0.3, -0.25) is 9.88 Å². The van der Waals surface area contributed by atoms with E-state index >= 15 is 0 Å². The highest BCUT2D eigenvalue weighted by Gasteiger charge is 2.27.